The van der Waals surface area contributed by atoms with Crippen molar-refractivity contribution in [2.24, 2.45) is 5.73 Å². The molecule has 0 saturated heterocycles. The Morgan fingerprint density at radius 3 is 1.71 bits per heavy atom. The Labute approximate surface area is 264 Å². The zero-order valence-electron chi connectivity index (χ0n) is 24.1. The maximum Gasteiger partial charge on any atom is 0.326 e. The summed E-state index contributed by atoms with van der Waals surface area (Å²) < 4.78 is 0. The number of rotatable bonds is 14. The summed E-state index contributed by atoms with van der Waals surface area (Å²) in [5.41, 5.74) is 8.51. The molecule has 0 bridgehead atoms. The number of aromatic amines is 1. The third-order valence-corrected chi connectivity index (χ3v) is 7.66. The summed E-state index contributed by atoms with van der Waals surface area (Å²) in [4.78, 5) is 55.3. The molecule has 4 unspecified atom stereocenters. The van der Waals surface area contributed by atoms with E-state index in [9.17, 15) is 34.5 Å². The standard InChI is InChI=1S/C32H35N5O7S/c33-24(17-45)29(40)35-26(13-18-5-9-21(38)10-6-18)30(41)36-27(14-19-7-11-22(39)12-8-19)31(42)37-28(32(43)44)15-20-16-34-25-4-2-1-3-23(20)25/h1-12,16,24,26-28,34,38-39,45H,13-15,17,33H2,(H,35,40)(H,36,41)(H,37,42)(H,43,44). The van der Waals surface area contributed by atoms with E-state index in [1.54, 1.807) is 30.5 Å². The number of phenols is 2. The van der Waals surface area contributed by atoms with Gasteiger partial charge in [-0.05, 0) is 47.0 Å². The molecule has 4 aromatic rings. The van der Waals surface area contributed by atoms with Crippen LogP contribution in [0.4, 0.5) is 0 Å². The van der Waals surface area contributed by atoms with Crippen LogP contribution in [0.5, 0.6) is 11.5 Å². The zero-order valence-corrected chi connectivity index (χ0v) is 25.0. The molecule has 236 valence electrons. The fourth-order valence-corrected chi connectivity index (χ4v) is 4.95. The number of fused-ring (bicyclic) bond motifs is 1. The molecule has 4 atom stereocenters. The molecular weight excluding hydrogens is 598 g/mol. The topological polar surface area (TPSA) is 207 Å². The van der Waals surface area contributed by atoms with Crippen LogP contribution < -0.4 is 21.7 Å². The minimum Gasteiger partial charge on any atom is -0.508 e. The van der Waals surface area contributed by atoms with E-state index in [1.807, 2.05) is 24.3 Å². The molecule has 0 aliphatic rings. The molecule has 0 aliphatic heterocycles. The van der Waals surface area contributed by atoms with E-state index in [1.165, 1.54) is 24.3 Å². The summed E-state index contributed by atoms with van der Waals surface area (Å²) >= 11 is 4.05. The maximum atomic E-state index is 13.7. The zero-order chi connectivity index (χ0) is 32.5. The van der Waals surface area contributed by atoms with Gasteiger partial charge in [-0.2, -0.15) is 12.6 Å². The number of aliphatic carboxylic acids is 1. The van der Waals surface area contributed by atoms with Crippen LogP contribution in [0.3, 0.4) is 0 Å². The molecule has 0 spiro atoms. The molecule has 13 heteroatoms. The lowest BCUT2D eigenvalue weighted by atomic mass is 10.0. The number of thiol groups is 1. The number of amides is 3. The van der Waals surface area contributed by atoms with Crippen molar-refractivity contribution in [1.82, 2.24) is 20.9 Å². The summed E-state index contributed by atoms with van der Waals surface area (Å²) in [7, 11) is 0. The van der Waals surface area contributed by atoms with Gasteiger partial charge in [0.05, 0.1) is 6.04 Å². The predicted octanol–water partition coefficient (Wildman–Crippen LogP) is 1.40. The van der Waals surface area contributed by atoms with Crippen LogP contribution >= 0.6 is 12.6 Å². The largest absolute Gasteiger partial charge is 0.508 e. The Balaban J connectivity index is 1.58. The summed E-state index contributed by atoms with van der Waals surface area (Å²) in [5.74, 6) is -3.32. The predicted molar refractivity (Wildman–Crippen MR) is 171 cm³/mol. The molecule has 3 amide bonds. The summed E-state index contributed by atoms with van der Waals surface area (Å²) in [6.45, 7) is 0. The first-order valence-electron chi connectivity index (χ1n) is 14.1. The number of phenolic OH excluding ortho intramolecular Hbond substituents is 2. The molecule has 0 saturated carbocycles. The first kappa shape index (κ1) is 32.9. The summed E-state index contributed by atoms with van der Waals surface area (Å²) in [6.07, 6.45) is 1.62. The van der Waals surface area contributed by atoms with E-state index in [0.717, 1.165) is 10.9 Å². The van der Waals surface area contributed by atoms with Crippen molar-refractivity contribution in [1.29, 1.82) is 0 Å². The number of hydrogen-bond acceptors (Lipinski definition) is 8. The number of benzene rings is 3. The highest BCUT2D eigenvalue weighted by Gasteiger charge is 2.31. The van der Waals surface area contributed by atoms with E-state index in [2.05, 4.69) is 33.6 Å². The van der Waals surface area contributed by atoms with Gasteiger partial charge in [0.15, 0.2) is 0 Å². The summed E-state index contributed by atoms with van der Waals surface area (Å²) in [5, 5.41) is 38.0. The van der Waals surface area contributed by atoms with Gasteiger partial charge in [-0.25, -0.2) is 4.79 Å². The highest BCUT2D eigenvalue weighted by molar-refractivity contribution is 7.80. The van der Waals surface area contributed by atoms with Gasteiger partial charge in [-0.1, -0.05) is 42.5 Å². The molecule has 4 rings (SSSR count). The number of hydrogen-bond donors (Lipinski definition) is 9. The smallest absolute Gasteiger partial charge is 0.326 e. The maximum absolute atomic E-state index is 13.7. The van der Waals surface area contributed by atoms with Crippen LogP contribution in [0, 0.1) is 0 Å². The second kappa shape index (κ2) is 15.1. The van der Waals surface area contributed by atoms with Crippen molar-refractivity contribution < 1.29 is 34.5 Å². The molecule has 0 fully saturated rings. The van der Waals surface area contributed by atoms with E-state index < -0.39 is 47.9 Å². The van der Waals surface area contributed by atoms with E-state index in [0.29, 0.717) is 16.7 Å². The Bertz CT molecular complexity index is 1640. The molecule has 1 heterocycles. The molecule has 0 radical (unpaired) electrons. The van der Waals surface area contributed by atoms with Crippen molar-refractivity contribution >= 4 is 47.2 Å². The average molecular weight is 634 g/mol. The van der Waals surface area contributed by atoms with Crippen molar-refractivity contribution in [3.63, 3.8) is 0 Å². The fraction of sp³-hybridized carbons (Fsp3) is 0.250. The average Bonchev–Trinajstić information content (AvgIpc) is 3.44. The van der Waals surface area contributed by atoms with E-state index >= 15 is 0 Å². The molecular formula is C32H35N5O7S. The van der Waals surface area contributed by atoms with Gasteiger partial charge in [0.2, 0.25) is 17.7 Å². The number of aromatic hydroxyl groups is 2. The summed E-state index contributed by atoms with van der Waals surface area (Å²) in [6, 6.07) is 14.7. The highest BCUT2D eigenvalue weighted by Crippen LogP contribution is 2.20. The van der Waals surface area contributed by atoms with E-state index in [4.69, 9.17) is 5.73 Å². The van der Waals surface area contributed by atoms with Crippen molar-refractivity contribution in [2.75, 3.05) is 5.75 Å². The molecule has 45 heavy (non-hydrogen) atoms. The van der Waals surface area contributed by atoms with Crippen LogP contribution in [0.1, 0.15) is 16.7 Å². The van der Waals surface area contributed by atoms with Crippen LogP contribution in [0.2, 0.25) is 0 Å². The normalized spacial score (nSPS) is 13.7. The molecule has 1 aromatic heterocycles. The number of H-pyrrole nitrogens is 1. The lowest BCUT2D eigenvalue weighted by Gasteiger charge is -2.25. The number of carbonyl (C=O) groups is 4. The first-order chi connectivity index (χ1) is 21.5. The third kappa shape index (κ3) is 9.00. The van der Waals surface area contributed by atoms with Gasteiger partial charge in [0.25, 0.3) is 0 Å². The van der Waals surface area contributed by atoms with Gasteiger partial charge in [0, 0.05) is 42.1 Å². The molecule has 3 aromatic carbocycles. The Morgan fingerprint density at radius 2 is 1.20 bits per heavy atom. The number of para-hydroxylation sites is 1. The number of aromatic nitrogens is 1. The van der Waals surface area contributed by atoms with Gasteiger partial charge < -0.3 is 42.0 Å². The first-order valence-corrected chi connectivity index (χ1v) is 14.8. The number of nitrogens with one attached hydrogen (secondary N) is 4. The second-order valence-corrected chi connectivity index (χ2v) is 11.0. The quantitative estimate of drug-likeness (QED) is 0.0926. The van der Waals surface area contributed by atoms with Crippen LogP contribution in [0.15, 0.2) is 79.0 Å². The van der Waals surface area contributed by atoms with E-state index in [-0.39, 0.29) is 36.5 Å². The van der Waals surface area contributed by atoms with Gasteiger partial charge in [-0.15, -0.1) is 0 Å². The highest BCUT2D eigenvalue weighted by atomic mass is 32.1. The minimum atomic E-state index is -1.32. The number of nitrogens with two attached hydrogens (primary N) is 1. The van der Waals surface area contributed by atoms with Gasteiger partial charge >= 0.3 is 5.97 Å². The minimum absolute atomic E-state index is 0.00298. The second-order valence-electron chi connectivity index (χ2n) is 10.6. The number of carboxylic acids is 1. The van der Waals surface area contributed by atoms with Crippen molar-refractivity contribution in [3.05, 3.63) is 95.7 Å². The number of carboxylic acid groups (broad SMARTS) is 1. The molecule has 9 N–H and O–H groups in total. The number of carbonyl (C=O) groups excluding carboxylic acids is 3. The Morgan fingerprint density at radius 1 is 0.711 bits per heavy atom. The monoisotopic (exact) mass is 633 g/mol. The SMILES string of the molecule is NC(CS)C(=O)NC(Cc1ccc(O)cc1)C(=O)NC(Cc1ccc(O)cc1)C(=O)NC(Cc1c[nH]c2ccccc12)C(=O)O. The van der Waals surface area contributed by atoms with Crippen LogP contribution in [0.25, 0.3) is 10.9 Å². The van der Waals surface area contributed by atoms with Gasteiger partial charge in [0.1, 0.15) is 29.6 Å². The fourth-order valence-electron chi connectivity index (χ4n) is 4.78. The molecule has 12 nitrogen and oxygen atoms in total. The van der Waals surface area contributed by atoms with Crippen LogP contribution in [-0.4, -0.2) is 73.9 Å². The Hall–Kier alpha value is -5.01. The lowest BCUT2D eigenvalue weighted by Crippen LogP contribution is -2.58. The molecule has 0 aliphatic carbocycles. The van der Waals surface area contributed by atoms with Gasteiger partial charge in [-0.3, -0.25) is 14.4 Å². The lowest BCUT2D eigenvalue weighted by molar-refractivity contribution is -0.142. The van der Waals surface area contributed by atoms with Crippen molar-refractivity contribution in [2.45, 2.75) is 43.4 Å². The Kier molecular flexibility index (Phi) is 11.1. The van der Waals surface area contributed by atoms with Crippen LogP contribution in [-0.2, 0) is 38.4 Å². The van der Waals surface area contributed by atoms with Crippen molar-refractivity contribution in [3.8, 4) is 11.5 Å². The third-order valence-electron chi connectivity index (χ3n) is 7.27.